The standard InChI is InChI=1S/C21H25Cl2N3O2/c1-14(2)20(15-8-5-4-6-9-15)24-12-19(28)26(3)13-18(27)25-21-16(22)10-7-11-17(21)23/h4-11,14,20,24H,12-13H2,1-3H3,(H,25,27)/p+1/t20-/m0/s1. The molecule has 0 fully saturated rings. The van der Waals surface area contributed by atoms with Crippen LogP contribution in [0.3, 0.4) is 0 Å². The SMILES string of the molecule is CC(C)[C@H]([NH2+]CC(=O)N(C)CC(=O)Nc1c(Cl)cccc1Cl)c1ccccc1. The molecule has 2 aromatic carbocycles. The van der Waals surface area contributed by atoms with Crippen molar-refractivity contribution >= 4 is 40.7 Å². The molecule has 0 aliphatic carbocycles. The van der Waals surface area contributed by atoms with Gasteiger partial charge in [0.2, 0.25) is 5.91 Å². The Kier molecular flexibility index (Phi) is 8.30. The summed E-state index contributed by atoms with van der Waals surface area (Å²) in [5.41, 5.74) is 1.53. The number of hydrogen-bond donors (Lipinski definition) is 2. The van der Waals surface area contributed by atoms with E-state index >= 15 is 0 Å². The van der Waals surface area contributed by atoms with Gasteiger partial charge in [-0.1, -0.05) is 73.4 Å². The molecule has 7 heteroatoms. The third kappa shape index (κ3) is 6.23. The molecule has 0 saturated carbocycles. The van der Waals surface area contributed by atoms with E-state index in [2.05, 4.69) is 31.3 Å². The van der Waals surface area contributed by atoms with E-state index in [1.807, 2.05) is 23.5 Å². The van der Waals surface area contributed by atoms with Crippen LogP contribution in [0.5, 0.6) is 0 Å². The first-order chi connectivity index (χ1) is 13.3. The lowest BCUT2D eigenvalue weighted by atomic mass is 9.96. The van der Waals surface area contributed by atoms with Crippen molar-refractivity contribution in [1.29, 1.82) is 0 Å². The van der Waals surface area contributed by atoms with Crippen LogP contribution in [0.1, 0.15) is 25.5 Å². The predicted octanol–water partition coefficient (Wildman–Crippen LogP) is 3.35. The van der Waals surface area contributed by atoms with E-state index in [0.717, 1.165) is 0 Å². The number of amides is 2. The quantitative estimate of drug-likeness (QED) is 0.684. The highest BCUT2D eigenvalue weighted by molar-refractivity contribution is 6.39. The van der Waals surface area contributed by atoms with Crippen LogP contribution in [-0.2, 0) is 9.59 Å². The zero-order chi connectivity index (χ0) is 20.7. The van der Waals surface area contributed by atoms with Crippen LogP contribution in [0, 0.1) is 5.92 Å². The highest BCUT2D eigenvalue weighted by atomic mass is 35.5. The second-order valence-electron chi connectivity index (χ2n) is 7.01. The summed E-state index contributed by atoms with van der Waals surface area (Å²) in [7, 11) is 1.61. The fourth-order valence-corrected chi connectivity index (χ4v) is 3.44. The van der Waals surface area contributed by atoms with Crippen LogP contribution >= 0.6 is 23.2 Å². The van der Waals surface area contributed by atoms with E-state index in [4.69, 9.17) is 23.2 Å². The van der Waals surface area contributed by atoms with Crippen molar-refractivity contribution in [3.05, 3.63) is 64.1 Å². The maximum atomic E-state index is 12.5. The van der Waals surface area contributed by atoms with Gasteiger partial charge >= 0.3 is 0 Å². The molecule has 0 unspecified atom stereocenters. The zero-order valence-corrected chi connectivity index (χ0v) is 17.8. The van der Waals surface area contributed by atoms with Crippen LogP contribution < -0.4 is 10.6 Å². The van der Waals surface area contributed by atoms with Gasteiger partial charge in [-0.2, -0.15) is 0 Å². The Morgan fingerprint density at radius 2 is 1.64 bits per heavy atom. The molecule has 2 amide bonds. The number of nitrogens with one attached hydrogen (secondary N) is 1. The fraction of sp³-hybridized carbons (Fsp3) is 0.333. The monoisotopic (exact) mass is 422 g/mol. The molecule has 0 bridgehead atoms. The number of nitrogens with zero attached hydrogens (tertiary/aromatic N) is 1. The lowest BCUT2D eigenvalue weighted by molar-refractivity contribution is -0.692. The Labute approximate surface area is 176 Å². The van der Waals surface area contributed by atoms with Crippen LogP contribution in [0.2, 0.25) is 10.0 Å². The number of benzene rings is 2. The van der Waals surface area contributed by atoms with Gasteiger partial charge in [0.15, 0.2) is 6.54 Å². The Morgan fingerprint density at radius 1 is 1.04 bits per heavy atom. The number of anilines is 1. The molecule has 2 rings (SSSR count). The average molecular weight is 423 g/mol. The number of para-hydroxylation sites is 1. The van der Waals surface area contributed by atoms with Gasteiger partial charge in [0.05, 0.1) is 22.3 Å². The van der Waals surface area contributed by atoms with Gasteiger partial charge in [-0.15, -0.1) is 0 Å². The second-order valence-corrected chi connectivity index (χ2v) is 7.83. The maximum absolute atomic E-state index is 12.5. The third-order valence-corrected chi connectivity index (χ3v) is 5.11. The molecule has 1 atom stereocenters. The highest BCUT2D eigenvalue weighted by Crippen LogP contribution is 2.29. The lowest BCUT2D eigenvalue weighted by Gasteiger charge is -2.22. The van der Waals surface area contributed by atoms with Crippen molar-refractivity contribution in [2.75, 3.05) is 25.5 Å². The minimum Gasteiger partial charge on any atom is -0.332 e. The van der Waals surface area contributed by atoms with E-state index in [-0.39, 0.29) is 30.9 Å². The van der Waals surface area contributed by atoms with Gasteiger partial charge in [-0.25, -0.2) is 0 Å². The minimum absolute atomic E-state index is 0.0775. The van der Waals surface area contributed by atoms with Gasteiger partial charge in [-0.05, 0) is 12.1 Å². The van der Waals surface area contributed by atoms with Gasteiger partial charge in [0.25, 0.3) is 5.91 Å². The summed E-state index contributed by atoms with van der Waals surface area (Å²) in [6, 6.07) is 15.3. The first-order valence-corrected chi connectivity index (χ1v) is 9.91. The summed E-state index contributed by atoms with van der Waals surface area (Å²) in [5, 5.41) is 5.39. The molecule has 0 saturated heterocycles. The molecular weight excluding hydrogens is 397 g/mol. The van der Waals surface area contributed by atoms with Crippen LogP contribution in [0.25, 0.3) is 0 Å². The second kappa shape index (κ2) is 10.5. The number of rotatable bonds is 8. The normalized spacial score (nSPS) is 11.9. The van der Waals surface area contributed by atoms with Gasteiger partial charge in [0, 0.05) is 18.5 Å². The summed E-state index contributed by atoms with van der Waals surface area (Å²) < 4.78 is 0. The molecule has 28 heavy (non-hydrogen) atoms. The summed E-state index contributed by atoms with van der Waals surface area (Å²) in [4.78, 5) is 26.2. The van der Waals surface area contributed by atoms with Crippen LogP contribution in [-0.4, -0.2) is 36.9 Å². The molecule has 0 aliphatic rings. The predicted molar refractivity (Wildman–Crippen MR) is 114 cm³/mol. The number of likely N-dealkylation sites (N-methyl/N-ethyl adjacent to an activating group) is 1. The summed E-state index contributed by atoms with van der Waals surface area (Å²) in [6.07, 6.45) is 0. The number of quaternary nitrogens is 1. The highest BCUT2D eigenvalue weighted by Gasteiger charge is 2.22. The van der Waals surface area contributed by atoms with E-state index in [1.54, 1.807) is 25.2 Å². The van der Waals surface area contributed by atoms with Gasteiger partial charge in [0.1, 0.15) is 6.04 Å². The first kappa shape index (κ1) is 22.2. The topological polar surface area (TPSA) is 66.0 Å². The maximum Gasteiger partial charge on any atom is 0.277 e. The zero-order valence-electron chi connectivity index (χ0n) is 16.3. The minimum atomic E-state index is -0.352. The Hall–Kier alpha value is -2.08. The largest absolute Gasteiger partial charge is 0.332 e. The first-order valence-electron chi connectivity index (χ1n) is 9.15. The number of hydrogen-bond acceptors (Lipinski definition) is 2. The molecular formula is C21H26Cl2N3O2+. The van der Waals surface area contributed by atoms with Crippen molar-refractivity contribution in [2.45, 2.75) is 19.9 Å². The number of carbonyl (C=O) groups is 2. The Bertz CT molecular complexity index is 792. The number of nitrogens with two attached hydrogens (primary N) is 1. The van der Waals surface area contributed by atoms with Gasteiger partial charge in [-0.3, -0.25) is 9.59 Å². The van der Waals surface area contributed by atoms with Crippen LogP contribution in [0.15, 0.2) is 48.5 Å². The summed E-state index contributed by atoms with van der Waals surface area (Å²) in [6.45, 7) is 4.44. The van der Waals surface area contributed by atoms with E-state index in [0.29, 0.717) is 21.7 Å². The number of halogens is 2. The summed E-state index contributed by atoms with van der Waals surface area (Å²) >= 11 is 12.1. The molecule has 0 aromatic heterocycles. The van der Waals surface area contributed by atoms with Crippen molar-refractivity contribution in [2.24, 2.45) is 5.92 Å². The third-order valence-electron chi connectivity index (χ3n) is 4.48. The molecule has 5 nitrogen and oxygen atoms in total. The van der Waals surface area contributed by atoms with Crippen molar-refractivity contribution in [3.8, 4) is 0 Å². The molecule has 0 radical (unpaired) electrons. The van der Waals surface area contributed by atoms with E-state index in [1.165, 1.54) is 10.5 Å². The van der Waals surface area contributed by atoms with Gasteiger partial charge < -0.3 is 15.5 Å². The van der Waals surface area contributed by atoms with E-state index in [9.17, 15) is 9.59 Å². The molecule has 150 valence electrons. The van der Waals surface area contributed by atoms with Crippen molar-refractivity contribution in [1.82, 2.24) is 4.90 Å². The molecule has 2 aromatic rings. The summed E-state index contributed by atoms with van der Waals surface area (Å²) in [5.74, 6) is -0.109. The average Bonchev–Trinajstić information content (AvgIpc) is 2.65. The van der Waals surface area contributed by atoms with Crippen molar-refractivity contribution < 1.29 is 14.9 Å². The molecule has 0 heterocycles. The fourth-order valence-electron chi connectivity index (χ4n) is 2.95. The van der Waals surface area contributed by atoms with Crippen molar-refractivity contribution in [3.63, 3.8) is 0 Å². The smallest absolute Gasteiger partial charge is 0.277 e. The Balaban J connectivity index is 1.90. The molecule has 3 N–H and O–H groups in total. The van der Waals surface area contributed by atoms with E-state index < -0.39 is 0 Å². The lowest BCUT2D eigenvalue weighted by Crippen LogP contribution is -2.88. The number of carbonyl (C=O) groups excluding carboxylic acids is 2. The van der Waals surface area contributed by atoms with Crippen LogP contribution in [0.4, 0.5) is 5.69 Å². The Morgan fingerprint density at radius 3 is 2.21 bits per heavy atom. The molecule has 0 spiro atoms. The molecule has 0 aliphatic heterocycles.